The Morgan fingerprint density at radius 2 is 1.51 bits per heavy atom. The first kappa shape index (κ1) is 24.3. The highest BCUT2D eigenvalue weighted by atomic mass is 35.5. The molecule has 0 bridgehead atoms. The van der Waals surface area contributed by atoms with Crippen molar-refractivity contribution in [3.63, 3.8) is 0 Å². The maximum atomic E-state index is 13.5. The Morgan fingerprint density at radius 3 is 2.23 bits per heavy atom. The van der Waals surface area contributed by atoms with Gasteiger partial charge in [0.15, 0.2) is 5.78 Å². The number of carbonyl (C=O) groups excluding carboxylic acids is 2. The minimum absolute atomic E-state index is 0.0922. The van der Waals surface area contributed by atoms with Crippen molar-refractivity contribution in [3.05, 3.63) is 69.3 Å². The van der Waals surface area contributed by atoms with E-state index in [9.17, 15) is 9.59 Å². The number of aliphatic imine (C=N–C) groups is 1. The quantitative estimate of drug-likeness (QED) is 0.421. The van der Waals surface area contributed by atoms with Crippen LogP contribution >= 0.6 is 23.2 Å². The molecule has 5 rings (SSSR count). The minimum atomic E-state index is -0.414. The van der Waals surface area contributed by atoms with Crippen LogP contribution in [0.15, 0.2) is 58.7 Å². The van der Waals surface area contributed by atoms with Gasteiger partial charge in [-0.2, -0.15) is 0 Å². The van der Waals surface area contributed by atoms with Gasteiger partial charge in [-0.25, -0.2) is 0 Å². The molecule has 2 unspecified atom stereocenters. The van der Waals surface area contributed by atoms with Crippen molar-refractivity contribution in [2.24, 2.45) is 21.7 Å². The summed E-state index contributed by atoms with van der Waals surface area (Å²) in [4.78, 5) is 32.0. The lowest BCUT2D eigenvalue weighted by molar-refractivity contribution is -0.124. The number of benzene rings is 2. The summed E-state index contributed by atoms with van der Waals surface area (Å²) >= 11 is 12.3. The van der Waals surface area contributed by atoms with Crippen LogP contribution in [0.5, 0.6) is 11.5 Å². The lowest BCUT2D eigenvalue weighted by Crippen LogP contribution is -2.45. The number of hydrogen-bond donors (Lipinski definition) is 0. The lowest BCUT2D eigenvalue weighted by atomic mass is 9.60. The topological polar surface area (TPSA) is 55.7 Å². The lowest BCUT2D eigenvalue weighted by Gasteiger charge is -2.44. The summed E-state index contributed by atoms with van der Waals surface area (Å²) in [5.74, 6) is 0.603. The van der Waals surface area contributed by atoms with Gasteiger partial charge in [-0.15, -0.1) is 0 Å². The minimum Gasteiger partial charge on any atom is -0.457 e. The van der Waals surface area contributed by atoms with Gasteiger partial charge in [-0.3, -0.25) is 14.6 Å². The molecule has 0 radical (unpaired) electrons. The maximum absolute atomic E-state index is 13.5. The number of allylic oxidation sites excluding steroid dienone is 2. The Kier molecular flexibility index (Phi) is 5.96. The van der Waals surface area contributed by atoms with E-state index in [4.69, 9.17) is 32.9 Å². The van der Waals surface area contributed by atoms with E-state index in [1.54, 1.807) is 18.2 Å². The molecule has 2 aromatic rings. The van der Waals surface area contributed by atoms with Crippen LogP contribution in [-0.4, -0.2) is 17.3 Å². The fourth-order valence-corrected chi connectivity index (χ4v) is 6.37. The maximum Gasteiger partial charge on any atom is 0.161 e. The van der Waals surface area contributed by atoms with Crippen molar-refractivity contribution in [1.29, 1.82) is 0 Å². The summed E-state index contributed by atoms with van der Waals surface area (Å²) in [6.07, 6.45) is 2.42. The smallest absolute Gasteiger partial charge is 0.161 e. The Labute approximate surface area is 216 Å². The SMILES string of the molecule is CC1(C)CC(=O)C2C(=NC3=C(C(=O)CC(C)(C)C3)C2c2cccc(Oc3cc(Cl)cc(Cl)c3)c2)C1. The molecule has 0 aromatic heterocycles. The molecule has 0 spiro atoms. The van der Waals surface area contributed by atoms with Gasteiger partial charge >= 0.3 is 0 Å². The molecule has 1 saturated carbocycles. The zero-order valence-corrected chi connectivity index (χ0v) is 22.0. The number of ketones is 2. The summed E-state index contributed by atoms with van der Waals surface area (Å²) in [5.41, 5.74) is 3.06. The highest BCUT2D eigenvalue weighted by molar-refractivity contribution is 6.34. The van der Waals surface area contributed by atoms with Gasteiger partial charge < -0.3 is 4.74 Å². The molecule has 0 N–H and O–H groups in total. The third-order valence-electron chi connectivity index (χ3n) is 7.13. The van der Waals surface area contributed by atoms with Crippen LogP contribution in [0.4, 0.5) is 0 Å². The summed E-state index contributed by atoms with van der Waals surface area (Å²) in [6.45, 7) is 8.44. The van der Waals surface area contributed by atoms with Gasteiger partial charge in [0, 0.05) is 45.8 Å². The third kappa shape index (κ3) is 4.83. The van der Waals surface area contributed by atoms with Crippen molar-refractivity contribution in [2.45, 2.75) is 59.3 Å². The van der Waals surface area contributed by atoms with Gasteiger partial charge in [0.05, 0.1) is 5.92 Å². The Balaban J connectivity index is 1.60. The van der Waals surface area contributed by atoms with Crippen molar-refractivity contribution in [3.8, 4) is 11.5 Å². The molecule has 0 saturated heterocycles. The normalized spacial score (nSPS) is 25.0. The van der Waals surface area contributed by atoms with E-state index in [1.165, 1.54) is 0 Å². The van der Waals surface area contributed by atoms with Gasteiger partial charge in [0.1, 0.15) is 17.3 Å². The Hall–Kier alpha value is -2.43. The van der Waals surface area contributed by atoms with E-state index in [0.29, 0.717) is 40.0 Å². The van der Waals surface area contributed by atoms with Crippen LogP contribution in [0.3, 0.4) is 0 Å². The molecule has 2 aliphatic carbocycles. The Bertz CT molecular complexity index is 1280. The summed E-state index contributed by atoms with van der Waals surface area (Å²) < 4.78 is 6.08. The molecule has 0 amide bonds. The average Bonchev–Trinajstić information content (AvgIpc) is 2.69. The first-order valence-electron chi connectivity index (χ1n) is 12.0. The predicted octanol–water partition coefficient (Wildman–Crippen LogP) is 7.97. The number of rotatable bonds is 3. The highest BCUT2D eigenvalue weighted by Gasteiger charge is 2.49. The summed E-state index contributed by atoms with van der Waals surface area (Å²) in [6, 6.07) is 12.7. The van der Waals surface area contributed by atoms with Crippen molar-refractivity contribution >= 4 is 40.5 Å². The first-order valence-corrected chi connectivity index (χ1v) is 12.8. The van der Waals surface area contributed by atoms with Gasteiger partial charge in [0.2, 0.25) is 0 Å². The molecule has 6 heteroatoms. The largest absolute Gasteiger partial charge is 0.457 e. The van der Waals surface area contributed by atoms with Crippen LogP contribution < -0.4 is 4.74 Å². The van der Waals surface area contributed by atoms with E-state index in [-0.39, 0.29) is 28.3 Å². The summed E-state index contributed by atoms with van der Waals surface area (Å²) in [5, 5.41) is 0.967. The molecule has 1 aliphatic heterocycles. The van der Waals surface area contributed by atoms with Gasteiger partial charge in [-0.1, -0.05) is 63.0 Å². The second-order valence-electron chi connectivity index (χ2n) is 11.6. The number of hydrogen-bond acceptors (Lipinski definition) is 4. The second-order valence-corrected chi connectivity index (χ2v) is 12.5. The number of Topliss-reactive ketones (excluding diaryl/α,β-unsaturated/α-hetero) is 2. The van der Waals surface area contributed by atoms with Crippen LogP contribution in [0, 0.1) is 16.7 Å². The zero-order chi connectivity index (χ0) is 25.1. The third-order valence-corrected chi connectivity index (χ3v) is 7.56. The second kappa shape index (κ2) is 8.60. The molecule has 35 heavy (non-hydrogen) atoms. The monoisotopic (exact) mass is 509 g/mol. The van der Waals surface area contributed by atoms with E-state index in [2.05, 4.69) is 27.7 Å². The van der Waals surface area contributed by atoms with Crippen LogP contribution in [-0.2, 0) is 9.59 Å². The van der Waals surface area contributed by atoms with E-state index in [0.717, 1.165) is 29.8 Å². The number of ether oxygens (including phenoxy) is 1. The summed E-state index contributed by atoms with van der Waals surface area (Å²) in [7, 11) is 0. The fraction of sp³-hybridized carbons (Fsp3) is 0.414. The molecule has 182 valence electrons. The number of halogens is 2. The van der Waals surface area contributed by atoms with E-state index >= 15 is 0 Å². The van der Waals surface area contributed by atoms with Gasteiger partial charge in [-0.05, 0) is 59.6 Å². The number of nitrogens with zero attached hydrogens (tertiary/aromatic N) is 1. The number of carbonyl (C=O) groups is 2. The molecule has 2 atom stereocenters. The molecular weight excluding hydrogens is 481 g/mol. The van der Waals surface area contributed by atoms with Crippen LogP contribution in [0.2, 0.25) is 10.0 Å². The van der Waals surface area contributed by atoms with Crippen molar-refractivity contribution in [1.82, 2.24) is 0 Å². The highest BCUT2D eigenvalue weighted by Crippen LogP contribution is 2.51. The van der Waals surface area contributed by atoms with E-state index in [1.807, 2.05) is 24.3 Å². The molecule has 1 heterocycles. The fourth-order valence-electron chi connectivity index (χ4n) is 5.87. The predicted molar refractivity (Wildman–Crippen MR) is 140 cm³/mol. The molecule has 3 aliphatic rings. The van der Waals surface area contributed by atoms with Gasteiger partial charge in [0.25, 0.3) is 0 Å². The first-order chi connectivity index (χ1) is 16.4. The standard InChI is InChI=1S/C29H29Cl2NO3/c1-28(2)12-21-26(23(33)14-28)25(27-22(32-21)13-29(3,4)15-24(27)34)16-6-5-7-19(8-16)35-20-10-17(30)9-18(31)11-20/h5-11,25-26H,12-15H2,1-4H3. The Morgan fingerprint density at radius 1 is 0.829 bits per heavy atom. The molecule has 4 nitrogen and oxygen atoms in total. The van der Waals surface area contributed by atoms with Crippen molar-refractivity contribution in [2.75, 3.05) is 0 Å². The number of fused-ring (bicyclic) bond motifs is 1. The van der Waals surface area contributed by atoms with Crippen molar-refractivity contribution < 1.29 is 14.3 Å². The van der Waals surface area contributed by atoms with Crippen LogP contribution in [0.1, 0.15) is 64.9 Å². The zero-order valence-electron chi connectivity index (χ0n) is 20.5. The molecule has 2 aromatic carbocycles. The average molecular weight is 510 g/mol. The molecular formula is C29H29Cl2NO3. The molecule has 1 fully saturated rings. The van der Waals surface area contributed by atoms with E-state index < -0.39 is 5.92 Å². The van der Waals surface area contributed by atoms with Crippen LogP contribution in [0.25, 0.3) is 0 Å².